The molecule has 2 atom stereocenters. The molecule has 0 bridgehead atoms. The van der Waals surface area contributed by atoms with Gasteiger partial charge in [0.1, 0.15) is 18.3 Å². The first-order chi connectivity index (χ1) is 14.4. The summed E-state index contributed by atoms with van der Waals surface area (Å²) in [5, 5.41) is 3.22. The first-order valence-corrected chi connectivity index (χ1v) is 9.34. The van der Waals surface area contributed by atoms with Crippen LogP contribution in [0.1, 0.15) is 19.4 Å². The molecule has 2 aromatic carbocycles. The number of esters is 1. The molecule has 2 heterocycles. The van der Waals surface area contributed by atoms with Crippen molar-refractivity contribution in [3.63, 3.8) is 0 Å². The number of para-hydroxylation sites is 2. The van der Waals surface area contributed by atoms with E-state index < -0.39 is 23.8 Å². The van der Waals surface area contributed by atoms with Crippen molar-refractivity contribution in [2.75, 3.05) is 5.32 Å². The van der Waals surface area contributed by atoms with Gasteiger partial charge < -0.3 is 23.9 Å². The maximum absolute atomic E-state index is 12.6. The van der Waals surface area contributed by atoms with Gasteiger partial charge in [0.15, 0.2) is 11.5 Å². The van der Waals surface area contributed by atoms with Crippen molar-refractivity contribution in [3.05, 3.63) is 64.5 Å². The smallest absolute Gasteiger partial charge is 0.351 e. The van der Waals surface area contributed by atoms with Crippen molar-refractivity contribution >= 4 is 28.5 Å². The molecule has 8 nitrogen and oxygen atoms in total. The highest BCUT2D eigenvalue weighted by atomic mass is 16.6. The molecular formula is C22H19NO7. The van der Waals surface area contributed by atoms with Crippen molar-refractivity contribution in [1.82, 2.24) is 0 Å². The van der Waals surface area contributed by atoms with Gasteiger partial charge in [-0.1, -0.05) is 12.1 Å². The zero-order chi connectivity index (χ0) is 21.3. The Labute approximate surface area is 171 Å². The van der Waals surface area contributed by atoms with Gasteiger partial charge >= 0.3 is 11.6 Å². The summed E-state index contributed by atoms with van der Waals surface area (Å²) < 4.78 is 22.1. The molecule has 0 saturated heterocycles. The van der Waals surface area contributed by atoms with Gasteiger partial charge in [0.05, 0.1) is 0 Å². The molecule has 8 heteroatoms. The maximum Gasteiger partial charge on any atom is 0.351 e. The van der Waals surface area contributed by atoms with Crippen LogP contribution < -0.4 is 20.4 Å². The molecule has 30 heavy (non-hydrogen) atoms. The zero-order valence-electron chi connectivity index (χ0n) is 16.3. The maximum atomic E-state index is 12.6. The lowest BCUT2D eigenvalue weighted by Crippen LogP contribution is -2.44. The molecule has 1 aromatic heterocycles. The van der Waals surface area contributed by atoms with Crippen LogP contribution >= 0.6 is 0 Å². The minimum absolute atomic E-state index is 0.144. The van der Waals surface area contributed by atoms with Gasteiger partial charge in [-0.15, -0.1) is 0 Å². The number of hydrogen-bond acceptors (Lipinski definition) is 7. The van der Waals surface area contributed by atoms with Crippen LogP contribution in [0.5, 0.6) is 11.5 Å². The SMILES string of the molecule is CC(=O)Nc1ccc2c(COC(=O)C3Oc4ccccc4OC3C)cc(=O)oc2c1. The average molecular weight is 409 g/mol. The zero-order valence-corrected chi connectivity index (χ0v) is 16.3. The van der Waals surface area contributed by atoms with Gasteiger partial charge in [0.2, 0.25) is 12.0 Å². The Morgan fingerprint density at radius 1 is 1.07 bits per heavy atom. The molecule has 0 radical (unpaired) electrons. The summed E-state index contributed by atoms with van der Waals surface area (Å²) >= 11 is 0. The number of anilines is 1. The summed E-state index contributed by atoms with van der Waals surface area (Å²) in [6, 6.07) is 13.2. The Morgan fingerprint density at radius 3 is 2.53 bits per heavy atom. The summed E-state index contributed by atoms with van der Waals surface area (Å²) in [5.74, 6) is 0.185. The van der Waals surface area contributed by atoms with E-state index in [0.717, 1.165) is 0 Å². The molecule has 154 valence electrons. The standard InChI is InChI=1S/C22H19NO7/c1-12-21(30-18-6-4-3-5-17(18)28-12)22(26)27-11-14-9-20(25)29-19-10-15(23-13(2)24)7-8-16(14)19/h3-10,12,21H,11H2,1-2H3,(H,23,24). The Morgan fingerprint density at radius 2 is 1.80 bits per heavy atom. The van der Waals surface area contributed by atoms with Gasteiger partial charge in [-0.25, -0.2) is 9.59 Å². The van der Waals surface area contributed by atoms with E-state index in [1.165, 1.54) is 13.0 Å². The normalized spacial score (nSPS) is 17.4. The van der Waals surface area contributed by atoms with Gasteiger partial charge in [-0.05, 0) is 31.2 Å². The van der Waals surface area contributed by atoms with Crippen molar-refractivity contribution in [1.29, 1.82) is 0 Å². The number of benzene rings is 2. The predicted molar refractivity (Wildman–Crippen MR) is 108 cm³/mol. The van der Waals surface area contributed by atoms with Crippen molar-refractivity contribution in [3.8, 4) is 11.5 Å². The second-order valence-electron chi connectivity index (χ2n) is 6.90. The summed E-state index contributed by atoms with van der Waals surface area (Å²) in [6.07, 6.45) is -1.47. The lowest BCUT2D eigenvalue weighted by atomic mass is 10.1. The van der Waals surface area contributed by atoms with Crippen LogP contribution in [0, 0.1) is 0 Å². The molecule has 0 saturated carbocycles. The number of amides is 1. The number of carbonyl (C=O) groups excluding carboxylic acids is 2. The van der Waals surface area contributed by atoms with Crippen LogP contribution in [0.4, 0.5) is 5.69 Å². The Hall–Kier alpha value is -3.81. The first kappa shape index (κ1) is 19.5. The highest BCUT2D eigenvalue weighted by molar-refractivity contribution is 5.92. The quantitative estimate of drug-likeness (QED) is 0.522. The second-order valence-corrected chi connectivity index (χ2v) is 6.90. The van der Waals surface area contributed by atoms with Crippen molar-refractivity contribution in [2.45, 2.75) is 32.7 Å². The van der Waals surface area contributed by atoms with Gasteiger partial charge in [-0.2, -0.15) is 0 Å². The van der Waals surface area contributed by atoms with Crippen molar-refractivity contribution in [2.24, 2.45) is 0 Å². The molecule has 2 unspecified atom stereocenters. The third-order valence-corrected chi connectivity index (χ3v) is 4.60. The fraction of sp³-hybridized carbons (Fsp3) is 0.227. The van der Waals surface area contributed by atoms with Crippen LogP contribution in [-0.2, 0) is 20.9 Å². The van der Waals surface area contributed by atoms with Gasteiger partial charge in [-0.3, -0.25) is 4.79 Å². The topological polar surface area (TPSA) is 104 Å². The minimum Gasteiger partial charge on any atom is -0.482 e. The lowest BCUT2D eigenvalue weighted by molar-refractivity contribution is -0.159. The number of nitrogens with one attached hydrogen (secondary N) is 1. The van der Waals surface area contributed by atoms with E-state index in [1.54, 1.807) is 43.3 Å². The third kappa shape index (κ3) is 3.98. The average Bonchev–Trinajstić information content (AvgIpc) is 2.70. The van der Waals surface area contributed by atoms with E-state index in [-0.39, 0.29) is 18.1 Å². The van der Waals surface area contributed by atoms with Crippen LogP contribution in [0.3, 0.4) is 0 Å². The predicted octanol–water partition coefficient (Wildman–Crippen LogP) is 3.02. The van der Waals surface area contributed by atoms with E-state index in [4.69, 9.17) is 18.6 Å². The molecule has 1 aliphatic heterocycles. The molecule has 4 rings (SSSR count). The van der Waals surface area contributed by atoms with E-state index in [9.17, 15) is 14.4 Å². The Bertz CT molecular complexity index is 1180. The number of rotatable bonds is 4. The molecule has 1 N–H and O–H groups in total. The minimum atomic E-state index is -0.933. The Balaban J connectivity index is 1.52. The third-order valence-electron chi connectivity index (χ3n) is 4.60. The van der Waals surface area contributed by atoms with E-state index >= 15 is 0 Å². The molecule has 0 fully saturated rings. The number of carbonyl (C=O) groups is 2. The molecular weight excluding hydrogens is 390 g/mol. The summed E-state index contributed by atoms with van der Waals surface area (Å²) in [6.45, 7) is 2.96. The molecule has 1 amide bonds. The molecule has 1 aliphatic rings. The fourth-order valence-corrected chi connectivity index (χ4v) is 3.24. The van der Waals surface area contributed by atoms with Crippen LogP contribution in [0.2, 0.25) is 0 Å². The number of ether oxygens (including phenoxy) is 3. The largest absolute Gasteiger partial charge is 0.482 e. The highest BCUT2D eigenvalue weighted by Crippen LogP contribution is 2.33. The molecule has 3 aromatic rings. The van der Waals surface area contributed by atoms with E-state index in [1.807, 2.05) is 6.07 Å². The fourth-order valence-electron chi connectivity index (χ4n) is 3.24. The monoisotopic (exact) mass is 409 g/mol. The lowest BCUT2D eigenvalue weighted by Gasteiger charge is -2.30. The molecule has 0 spiro atoms. The van der Waals surface area contributed by atoms with Crippen molar-refractivity contribution < 1.29 is 28.2 Å². The first-order valence-electron chi connectivity index (χ1n) is 9.34. The number of hydrogen-bond donors (Lipinski definition) is 1. The summed E-state index contributed by atoms with van der Waals surface area (Å²) in [4.78, 5) is 35.8. The van der Waals surface area contributed by atoms with Crippen LogP contribution in [0.25, 0.3) is 11.0 Å². The van der Waals surface area contributed by atoms with Gasteiger partial charge in [0.25, 0.3) is 0 Å². The van der Waals surface area contributed by atoms with Crippen LogP contribution in [0.15, 0.2) is 57.7 Å². The highest BCUT2D eigenvalue weighted by Gasteiger charge is 2.35. The van der Waals surface area contributed by atoms with Gasteiger partial charge in [0, 0.05) is 35.7 Å². The van der Waals surface area contributed by atoms with E-state index in [0.29, 0.717) is 28.1 Å². The Kier molecular flexibility index (Phi) is 5.14. The number of fused-ring (bicyclic) bond motifs is 2. The molecule has 0 aliphatic carbocycles. The van der Waals surface area contributed by atoms with E-state index in [2.05, 4.69) is 5.32 Å². The summed E-state index contributed by atoms with van der Waals surface area (Å²) in [5.41, 5.74) is 0.661. The summed E-state index contributed by atoms with van der Waals surface area (Å²) in [7, 11) is 0. The second kappa shape index (κ2) is 7.90. The van der Waals surface area contributed by atoms with Crippen LogP contribution in [-0.4, -0.2) is 24.1 Å².